The van der Waals surface area contributed by atoms with Gasteiger partial charge in [0.05, 0.1) is 12.2 Å². The SMILES string of the molecule is CC1CC(OC(=O)C(N)Cc2ccc(O)cc2)CC(C)O1. The van der Waals surface area contributed by atoms with E-state index in [4.69, 9.17) is 15.2 Å². The van der Waals surface area contributed by atoms with Crippen LogP contribution in [0.3, 0.4) is 0 Å². The van der Waals surface area contributed by atoms with Gasteiger partial charge < -0.3 is 20.3 Å². The van der Waals surface area contributed by atoms with E-state index in [1.54, 1.807) is 24.3 Å². The third-order valence-electron chi connectivity index (χ3n) is 3.63. The molecule has 3 atom stereocenters. The van der Waals surface area contributed by atoms with Crippen LogP contribution in [-0.2, 0) is 20.7 Å². The van der Waals surface area contributed by atoms with E-state index in [0.717, 1.165) is 5.56 Å². The lowest BCUT2D eigenvalue weighted by Crippen LogP contribution is -2.41. The maximum absolute atomic E-state index is 12.1. The number of carbonyl (C=O) groups excluding carboxylic acids is 1. The molecule has 1 aliphatic heterocycles. The Morgan fingerprint density at radius 1 is 1.33 bits per heavy atom. The maximum Gasteiger partial charge on any atom is 0.323 e. The fourth-order valence-corrected chi connectivity index (χ4v) is 2.66. The molecule has 3 unspecified atom stereocenters. The monoisotopic (exact) mass is 293 g/mol. The van der Waals surface area contributed by atoms with Crippen LogP contribution >= 0.6 is 0 Å². The number of benzene rings is 1. The molecular weight excluding hydrogens is 270 g/mol. The number of nitrogens with two attached hydrogens (primary N) is 1. The zero-order chi connectivity index (χ0) is 15.4. The zero-order valence-electron chi connectivity index (χ0n) is 12.5. The molecule has 1 saturated heterocycles. The van der Waals surface area contributed by atoms with Gasteiger partial charge in [0.2, 0.25) is 0 Å². The van der Waals surface area contributed by atoms with Crippen molar-refractivity contribution in [2.45, 2.75) is 57.5 Å². The first-order valence-corrected chi connectivity index (χ1v) is 7.33. The van der Waals surface area contributed by atoms with Crippen LogP contribution < -0.4 is 5.73 Å². The van der Waals surface area contributed by atoms with Crippen molar-refractivity contribution in [1.82, 2.24) is 0 Å². The highest BCUT2D eigenvalue weighted by Gasteiger charge is 2.28. The second-order valence-corrected chi connectivity index (χ2v) is 5.76. The minimum Gasteiger partial charge on any atom is -0.508 e. The van der Waals surface area contributed by atoms with Gasteiger partial charge in [-0.3, -0.25) is 4.79 Å². The van der Waals surface area contributed by atoms with Gasteiger partial charge in [0.25, 0.3) is 0 Å². The number of rotatable bonds is 4. The van der Waals surface area contributed by atoms with Crippen LogP contribution in [0.15, 0.2) is 24.3 Å². The average molecular weight is 293 g/mol. The van der Waals surface area contributed by atoms with Crippen LogP contribution in [0.5, 0.6) is 5.75 Å². The quantitative estimate of drug-likeness (QED) is 0.827. The highest BCUT2D eigenvalue weighted by Crippen LogP contribution is 2.22. The molecule has 2 rings (SSSR count). The van der Waals surface area contributed by atoms with Crippen molar-refractivity contribution >= 4 is 5.97 Å². The Morgan fingerprint density at radius 3 is 2.48 bits per heavy atom. The summed E-state index contributed by atoms with van der Waals surface area (Å²) in [5.74, 6) is -0.186. The lowest BCUT2D eigenvalue weighted by Gasteiger charge is -2.32. The van der Waals surface area contributed by atoms with Crippen molar-refractivity contribution in [1.29, 1.82) is 0 Å². The summed E-state index contributed by atoms with van der Waals surface area (Å²) in [6, 6.07) is 5.97. The van der Waals surface area contributed by atoms with E-state index in [-0.39, 0.29) is 30.0 Å². The molecule has 0 aliphatic carbocycles. The summed E-state index contributed by atoms with van der Waals surface area (Å²) in [6.45, 7) is 3.96. The van der Waals surface area contributed by atoms with Crippen LogP contribution in [0, 0.1) is 0 Å². The van der Waals surface area contributed by atoms with Crippen molar-refractivity contribution < 1.29 is 19.4 Å². The van der Waals surface area contributed by atoms with Gasteiger partial charge in [0, 0.05) is 12.8 Å². The van der Waals surface area contributed by atoms with Crippen molar-refractivity contribution in [3.05, 3.63) is 29.8 Å². The molecule has 1 heterocycles. The average Bonchev–Trinajstić information content (AvgIpc) is 2.40. The molecule has 3 N–H and O–H groups in total. The predicted octanol–water partition coefficient (Wildman–Crippen LogP) is 1.76. The molecule has 0 bridgehead atoms. The highest BCUT2D eigenvalue weighted by molar-refractivity contribution is 5.76. The minimum absolute atomic E-state index is 0.0971. The van der Waals surface area contributed by atoms with Gasteiger partial charge in [0.15, 0.2) is 0 Å². The fraction of sp³-hybridized carbons (Fsp3) is 0.562. The molecule has 5 nitrogen and oxygen atoms in total. The van der Waals surface area contributed by atoms with E-state index in [1.165, 1.54) is 0 Å². The standard InChI is InChI=1S/C16H23NO4/c1-10-7-14(8-11(2)20-10)21-16(19)15(17)9-12-3-5-13(18)6-4-12/h3-6,10-11,14-15,18H,7-9,17H2,1-2H3. The summed E-state index contributed by atoms with van der Waals surface area (Å²) in [6.07, 6.45) is 1.89. The van der Waals surface area contributed by atoms with Crippen molar-refractivity contribution in [2.75, 3.05) is 0 Å². The Bertz CT molecular complexity index is 464. The summed E-state index contributed by atoms with van der Waals surface area (Å²) in [5, 5.41) is 9.23. The molecule has 1 aromatic carbocycles. The summed E-state index contributed by atoms with van der Waals surface area (Å²) < 4.78 is 11.1. The lowest BCUT2D eigenvalue weighted by atomic mass is 10.0. The van der Waals surface area contributed by atoms with Crippen molar-refractivity contribution in [3.63, 3.8) is 0 Å². The fourth-order valence-electron chi connectivity index (χ4n) is 2.66. The predicted molar refractivity (Wildman–Crippen MR) is 78.9 cm³/mol. The molecule has 0 radical (unpaired) electrons. The Balaban J connectivity index is 1.86. The first-order chi connectivity index (χ1) is 9.94. The molecule has 1 aliphatic rings. The molecule has 21 heavy (non-hydrogen) atoms. The number of carbonyl (C=O) groups is 1. The van der Waals surface area contributed by atoms with E-state index in [2.05, 4.69) is 0 Å². The summed E-state index contributed by atoms with van der Waals surface area (Å²) in [7, 11) is 0. The Morgan fingerprint density at radius 2 is 1.90 bits per heavy atom. The highest BCUT2D eigenvalue weighted by atomic mass is 16.6. The van der Waals surface area contributed by atoms with Crippen LogP contribution in [0.1, 0.15) is 32.3 Å². The molecule has 1 fully saturated rings. The number of phenols is 1. The molecular formula is C16H23NO4. The molecule has 5 heteroatoms. The van der Waals surface area contributed by atoms with E-state index in [9.17, 15) is 9.90 Å². The van der Waals surface area contributed by atoms with Gasteiger partial charge in [0.1, 0.15) is 17.9 Å². The molecule has 1 aromatic rings. The van der Waals surface area contributed by atoms with E-state index in [0.29, 0.717) is 19.3 Å². The number of phenolic OH excluding ortho intramolecular Hbond substituents is 1. The Kier molecular flexibility index (Phi) is 5.20. The smallest absolute Gasteiger partial charge is 0.323 e. The van der Waals surface area contributed by atoms with Gasteiger partial charge in [-0.2, -0.15) is 0 Å². The summed E-state index contributed by atoms with van der Waals surface area (Å²) in [5.41, 5.74) is 6.80. The van der Waals surface area contributed by atoms with E-state index < -0.39 is 6.04 Å². The Hall–Kier alpha value is -1.59. The summed E-state index contributed by atoms with van der Waals surface area (Å²) >= 11 is 0. The van der Waals surface area contributed by atoms with Crippen LogP contribution in [0.4, 0.5) is 0 Å². The van der Waals surface area contributed by atoms with Crippen LogP contribution in [0.25, 0.3) is 0 Å². The van der Waals surface area contributed by atoms with Gasteiger partial charge in [-0.1, -0.05) is 12.1 Å². The largest absolute Gasteiger partial charge is 0.508 e. The third-order valence-corrected chi connectivity index (χ3v) is 3.63. The van der Waals surface area contributed by atoms with E-state index >= 15 is 0 Å². The van der Waals surface area contributed by atoms with Gasteiger partial charge in [-0.15, -0.1) is 0 Å². The number of hydrogen-bond donors (Lipinski definition) is 2. The third kappa shape index (κ3) is 4.72. The normalized spacial score (nSPS) is 27.1. The number of esters is 1. The maximum atomic E-state index is 12.1. The molecule has 116 valence electrons. The van der Waals surface area contributed by atoms with Gasteiger partial charge >= 0.3 is 5.97 Å². The molecule has 0 spiro atoms. The topological polar surface area (TPSA) is 81.8 Å². The number of ether oxygens (including phenoxy) is 2. The lowest BCUT2D eigenvalue weighted by molar-refractivity contribution is -0.161. The summed E-state index contributed by atoms with van der Waals surface area (Å²) in [4.78, 5) is 12.1. The van der Waals surface area contributed by atoms with Crippen molar-refractivity contribution in [3.8, 4) is 5.75 Å². The molecule has 0 saturated carbocycles. The van der Waals surface area contributed by atoms with Crippen LogP contribution in [-0.4, -0.2) is 35.4 Å². The second kappa shape index (κ2) is 6.91. The number of aromatic hydroxyl groups is 1. The van der Waals surface area contributed by atoms with Crippen LogP contribution in [0.2, 0.25) is 0 Å². The Labute approximate surface area is 125 Å². The first-order valence-electron chi connectivity index (χ1n) is 7.33. The first kappa shape index (κ1) is 15.8. The van der Waals surface area contributed by atoms with E-state index in [1.807, 2.05) is 13.8 Å². The zero-order valence-corrected chi connectivity index (χ0v) is 12.5. The second-order valence-electron chi connectivity index (χ2n) is 5.76. The van der Waals surface area contributed by atoms with Gasteiger partial charge in [-0.05, 0) is 38.0 Å². The molecule has 0 aromatic heterocycles. The minimum atomic E-state index is -0.692. The van der Waals surface area contributed by atoms with Crippen molar-refractivity contribution in [2.24, 2.45) is 5.73 Å². The number of hydrogen-bond acceptors (Lipinski definition) is 5. The molecule has 0 amide bonds. The van der Waals surface area contributed by atoms with Gasteiger partial charge in [-0.25, -0.2) is 0 Å².